The average Bonchev–Trinajstić information content (AvgIpc) is 2.31. The van der Waals surface area contributed by atoms with Gasteiger partial charge in [-0.3, -0.25) is 0 Å². The first-order valence-corrected chi connectivity index (χ1v) is 5.75. The summed E-state index contributed by atoms with van der Waals surface area (Å²) in [6.07, 6.45) is -0.603. The van der Waals surface area contributed by atoms with Crippen molar-refractivity contribution in [1.29, 1.82) is 5.26 Å². The molecular weight excluding hydrogens is 236 g/mol. The molecular formula is C14H17F2NO. The van der Waals surface area contributed by atoms with Gasteiger partial charge in [-0.25, -0.2) is 8.78 Å². The van der Waals surface area contributed by atoms with Crippen molar-refractivity contribution < 1.29 is 13.5 Å². The standard InChI is InChI=1S/C14H17F2NO/c1-9-8-12(18-4)10(2)11(3)13(9)14(15,16)6-5-7-17/h8H,5-6H2,1-4H3. The molecule has 0 radical (unpaired) electrons. The molecule has 1 rings (SSSR count). The Bertz CT molecular complexity index is 490. The number of alkyl halides is 2. The van der Waals surface area contributed by atoms with Crippen LogP contribution in [0.3, 0.4) is 0 Å². The molecule has 4 heteroatoms. The molecule has 0 unspecified atom stereocenters. The lowest BCUT2D eigenvalue weighted by molar-refractivity contribution is -0.0132. The van der Waals surface area contributed by atoms with E-state index >= 15 is 0 Å². The van der Waals surface area contributed by atoms with E-state index in [-0.39, 0.29) is 12.0 Å². The van der Waals surface area contributed by atoms with Crippen LogP contribution in [0.15, 0.2) is 6.07 Å². The smallest absolute Gasteiger partial charge is 0.274 e. The van der Waals surface area contributed by atoms with Crippen LogP contribution in [-0.4, -0.2) is 7.11 Å². The van der Waals surface area contributed by atoms with Gasteiger partial charge in [-0.05, 0) is 43.5 Å². The molecule has 0 saturated carbocycles. The monoisotopic (exact) mass is 253 g/mol. The van der Waals surface area contributed by atoms with E-state index in [1.807, 2.05) is 0 Å². The first-order valence-electron chi connectivity index (χ1n) is 5.75. The van der Waals surface area contributed by atoms with Crippen LogP contribution in [0.1, 0.15) is 35.1 Å². The second-order valence-electron chi connectivity index (χ2n) is 4.38. The minimum Gasteiger partial charge on any atom is -0.496 e. The zero-order valence-electron chi connectivity index (χ0n) is 11.1. The van der Waals surface area contributed by atoms with E-state index in [0.29, 0.717) is 16.9 Å². The van der Waals surface area contributed by atoms with Crippen molar-refractivity contribution in [2.45, 2.75) is 39.5 Å². The Morgan fingerprint density at radius 3 is 2.39 bits per heavy atom. The number of nitriles is 1. The summed E-state index contributed by atoms with van der Waals surface area (Å²) in [4.78, 5) is 0. The molecule has 0 spiro atoms. The summed E-state index contributed by atoms with van der Waals surface area (Å²) in [5.41, 5.74) is 1.78. The molecule has 0 N–H and O–H groups in total. The van der Waals surface area contributed by atoms with Gasteiger partial charge in [-0.1, -0.05) is 0 Å². The topological polar surface area (TPSA) is 33.0 Å². The minimum atomic E-state index is -2.97. The molecule has 0 aromatic heterocycles. The Hall–Kier alpha value is -1.63. The van der Waals surface area contributed by atoms with Gasteiger partial charge < -0.3 is 4.74 Å². The fraction of sp³-hybridized carbons (Fsp3) is 0.500. The highest BCUT2D eigenvalue weighted by atomic mass is 19.3. The van der Waals surface area contributed by atoms with Crippen LogP contribution >= 0.6 is 0 Å². The highest BCUT2D eigenvalue weighted by molar-refractivity contribution is 5.49. The molecule has 0 bridgehead atoms. The van der Waals surface area contributed by atoms with Gasteiger partial charge in [0.1, 0.15) is 5.75 Å². The summed E-state index contributed by atoms with van der Waals surface area (Å²) in [5, 5.41) is 8.45. The molecule has 1 aromatic rings. The largest absolute Gasteiger partial charge is 0.496 e. The third kappa shape index (κ3) is 2.61. The molecule has 18 heavy (non-hydrogen) atoms. The highest BCUT2D eigenvalue weighted by Crippen LogP contribution is 2.40. The fourth-order valence-corrected chi connectivity index (χ4v) is 2.16. The zero-order valence-corrected chi connectivity index (χ0v) is 11.1. The Balaban J connectivity index is 3.33. The summed E-state index contributed by atoms with van der Waals surface area (Å²) < 4.78 is 33.3. The fourth-order valence-electron chi connectivity index (χ4n) is 2.16. The second kappa shape index (κ2) is 5.34. The van der Waals surface area contributed by atoms with E-state index in [0.717, 1.165) is 5.56 Å². The van der Waals surface area contributed by atoms with Crippen LogP contribution in [-0.2, 0) is 5.92 Å². The van der Waals surface area contributed by atoms with Crippen molar-refractivity contribution in [2.75, 3.05) is 7.11 Å². The molecule has 2 nitrogen and oxygen atoms in total. The minimum absolute atomic E-state index is 0.0241. The summed E-state index contributed by atoms with van der Waals surface area (Å²) in [7, 11) is 1.52. The van der Waals surface area contributed by atoms with Crippen molar-refractivity contribution in [3.8, 4) is 11.8 Å². The lowest BCUT2D eigenvalue weighted by Crippen LogP contribution is -2.17. The predicted molar refractivity (Wildman–Crippen MR) is 65.9 cm³/mol. The average molecular weight is 253 g/mol. The van der Waals surface area contributed by atoms with Crippen molar-refractivity contribution in [3.05, 3.63) is 28.3 Å². The maximum absolute atomic E-state index is 14.1. The first kappa shape index (κ1) is 14.4. The van der Waals surface area contributed by atoms with Gasteiger partial charge in [0.25, 0.3) is 5.92 Å². The number of hydrogen-bond donors (Lipinski definition) is 0. The number of rotatable bonds is 4. The molecule has 0 aliphatic heterocycles. The number of methoxy groups -OCH3 is 1. The Kier molecular flexibility index (Phi) is 4.28. The van der Waals surface area contributed by atoms with Gasteiger partial charge in [0.05, 0.1) is 13.2 Å². The molecule has 98 valence electrons. The maximum Gasteiger partial charge on any atom is 0.274 e. The maximum atomic E-state index is 14.1. The number of hydrogen-bond acceptors (Lipinski definition) is 2. The van der Waals surface area contributed by atoms with Crippen molar-refractivity contribution in [3.63, 3.8) is 0 Å². The van der Waals surface area contributed by atoms with Gasteiger partial charge >= 0.3 is 0 Å². The second-order valence-corrected chi connectivity index (χ2v) is 4.38. The molecule has 0 heterocycles. The van der Waals surface area contributed by atoms with Gasteiger partial charge in [-0.15, -0.1) is 0 Å². The molecule has 1 aromatic carbocycles. The Labute approximate surface area is 106 Å². The summed E-state index contributed by atoms with van der Waals surface area (Å²) in [5.74, 6) is -2.36. The van der Waals surface area contributed by atoms with Crippen LogP contribution in [0.2, 0.25) is 0 Å². The van der Waals surface area contributed by atoms with E-state index < -0.39 is 12.3 Å². The number of ether oxygens (including phenoxy) is 1. The van der Waals surface area contributed by atoms with E-state index in [2.05, 4.69) is 0 Å². The van der Waals surface area contributed by atoms with Crippen molar-refractivity contribution >= 4 is 0 Å². The number of aryl methyl sites for hydroxylation is 1. The summed E-state index contributed by atoms with van der Waals surface area (Å²) in [6, 6.07) is 3.39. The summed E-state index contributed by atoms with van der Waals surface area (Å²) >= 11 is 0. The van der Waals surface area contributed by atoms with Crippen LogP contribution < -0.4 is 4.74 Å². The van der Waals surface area contributed by atoms with Gasteiger partial charge in [0, 0.05) is 18.4 Å². The first-order chi connectivity index (χ1) is 8.35. The van der Waals surface area contributed by atoms with Crippen LogP contribution in [0, 0.1) is 32.1 Å². The molecule has 0 fully saturated rings. The molecule has 0 aliphatic carbocycles. The molecule has 0 saturated heterocycles. The Morgan fingerprint density at radius 1 is 1.28 bits per heavy atom. The number of benzene rings is 1. The third-order valence-corrected chi connectivity index (χ3v) is 3.19. The molecule has 0 atom stereocenters. The van der Waals surface area contributed by atoms with Gasteiger partial charge in [0.2, 0.25) is 0 Å². The van der Waals surface area contributed by atoms with Crippen molar-refractivity contribution in [1.82, 2.24) is 0 Å². The third-order valence-electron chi connectivity index (χ3n) is 3.19. The van der Waals surface area contributed by atoms with E-state index in [9.17, 15) is 8.78 Å². The lowest BCUT2D eigenvalue weighted by atomic mass is 9.91. The normalized spacial score (nSPS) is 11.2. The molecule has 0 aliphatic rings. The van der Waals surface area contributed by atoms with Crippen molar-refractivity contribution in [2.24, 2.45) is 0 Å². The van der Waals surface area contributed by atoms with Crippen LogP contribution in [0.5, 0.6) is 5.75 Å². The highest BCUT2D eigenvalue weighted by Gasteiger charge is 2.35. The van der Waals surface area contributed by atoms with E-state index in [4.69, 9.17) is 10.00 Å². The zero-order chi connectivity index (χ0) is 13.9. The molecule has 0 amide bonds. The quantitative estimate of drug-likeness (QED) is 0.812. The van der Waals surface area contributed by atoms with E-state index in [1.54, 1.807) is 32.9 Å². The number of halogens is 2. The predicted octanol–water partition coefficient (Wildman–Crippen LogP) is 4.02. The lowest BCUT2D eigenvalue weighted by Gasteiger charge is -2.23. The van der Waals surface area contributed by atoms with E-state index in [1.165, 1.54) is 7.11 Å². The van der Waals surface area contributed by atoms with Gasteiger partial charge in [0.15, 0.2) is 0 Å². The van der Waals surface area contributed by atoms with Gasteiger partial charge in [-0.2, -0.15) is 5.26 Å². The summed E-state index contributed by atoms with van der Waals surface area (Å²) in [6.45, 7) is 5.07. The van der Waals surface area contributed by atoms with Crippen LogP contribution in [0.4, 0.5) is 8.78 Å². The SMILES string of the molecule is COc1cc(C)c(C(F)(F)CCC#N)c(C)c1C. The Morgan fingerprint density at radius 2 is 1.89 bits per heavy atom. The number of nitrogens with zero attached hydrogens (tertiary/aromatic N) is 1. The van der Waals surface area contributed by atoms with Crippen LogP contribution in [0.25, 0.3) is 0 Å².